The second-order valence-electron chi connectivity index (χ2n) is 3.33. The lowest BCUT2D eigenvalue weighted by Gasteiger charge is -2.26. The van der Waals surface area contributed by atoms with Crippen LogP contribution < -0.4 is 10.6 Å². The standard InChI is InChI=1S/C9H18N2O/c1-3-9(6-5-7-11-9)8(12)10-4-2/h11H,3-7H2,1-2H3,(H,10,12). The summed E-state index contributed by atoms with van der Waals surface area (Å²) in [6, 6.07) is 0. The lowest BCUT2D eigenvalue weighted by atomic mass is 9.93. The maximum absolute atomic E-state index is 11.6. The van der Waals surface area contributed by atoms with Crippen molar-refractivity contribution < 1.29 is 4.79 Å². The number of likely N-dealkylation sites (N-methyl/N-ethyl adjacent to an activating group) is 1. The molecule has 2 N–H and O–H groups in total. The molecule has 0 bridgehead atoms. The number of hydrogen-bond acceptors (Lipinski definition) is 2. The third kappa shape index (κ3) is 1.61. The topological polar surface area (TPSA) is 41.1 Å². The average Bonchev–Trinajstić information content (AvgIpc) is 2.54. The Balaban J connectivity index is 2.59. The van der Waals surface area contributed by atoms with Crippen molar-refractivity contribution in [1.29, 1.82) is 0 Å². The molecular weight excluding hydrogens is 152 g/mol. The van der Waals surface area contributed by atoms with Crippen LogP contribution in [0.15, 0.2) is 0 Å². The van der Waals surface area contributed by atoms with E-state index in [4.69, 9.17) is 0 Å². The molecule has 0 aromatic heterocycles. The Morgan fingerprint density at radius 3 is 2.75 bits per heavy atom. The first-order chi connectivity index (χ1) is 5.75. The molecule has 0 radical (unpaired) electrons. The zero-order valence-electron chi connectivity index (χ0n) is 7.94. The van der Waals surface area contributed by atoms with Gasteiger partial charge in [-0.1, -0.05) is 6.92 Å². The van der Waals surface area contributed by atoms with Crippen LogP contribution in [0.4, 0.5) is 0 Å². The van der Waals surface area contributed by atoms with Gasteiger partial charge in [0, 0.05) is 6.54 Å². The van der Waals surface area contributed by atoms with Gasteiger partial charge in [-0.05, 0) is 32.7 Å². The molecular formula is C9H18N2O. The lowest BCUT2D eigenvalue weighted by molar-refractivity contribution is -0.127. The van der Waals surface area contributed by atoms with E-state index in [0.29, 0.717) is 0 Å². The van der Waals surface area contributed by atoms with Crippen LogP contribution in [0.25, 0.3) is 0 Å². The lowest BCUT2D eigenvalue weighted by Crippen LogP contribution is -2.53. The fourth-order valence-corrected chi connectivity index (χ4v) is 1.79. The molecule has 0 aliphatic carbocycles. The SMILES string of the molecule is CCNC(=O)C1(CC)CCCN1. The van der Waals surface area contributed by atoms with Crippen molar-refractivity contribution in [2.45, 2.75) is 38.6 Å². The largest absolute Gasteiger partial charge is 0.355 e. The summed E-state index contributed by atoms with van der Waals surface area (Å²) in [6.07, 6.45) is 2.99. The summed E-state index contributed by atoms with van der Waals surface area (Å²) in [7, 11) is 0. The third-order valence-corrected chi connectivity index (χ3v) is 2.62. The van der Waals surface area contributed by atoms with Gasteiger partial charge in [0.25, 0.3) is 0 Å². The molecule has 1 aliphatic heterocycles. The van der Waals surface area contributed by atoms with Crippen LogP contribution in [0, 0.1) is 0 Å². The highest BCUT2D eigenvalue weighted by molar-refractivity contribution is 5.86. The van der Waals surface area contributed by atoms with Crippen molar-refractivity contribution in [3.05, 3.63) is 0 Å². The molecule has 12 heavy (non-hydrogen) atoms. The van der Waals surface area contributed by atoms with E-state index in [9.17, 15) is 4.79 Å². The summed E-state index contributed by atoms with van der Waals surface area (Å²) in [6.45, 7) is 5.72. The Morgan fingerprint density at radius 1 is 1.58 bits per heavy atom. The van der Waals surface area contributed by atoms with E-state index in [2.05, 4.69) is 17.6 Å². The molecule has 1 unspecified atom stereocenters. The molecule has 1 rings (SSSR count). The summed E-state index contributed by atoms with van der Waals surface area (Å²) in [5.74, 6) is 0.171. The minimum atomic E-state index is -0.254. The number of nitrogens with one attached hydrogen (secondary N) is 2. The predicted octanol–water partition coefficient (Wildman–Crippen LogP) is 0.655. The van der Waals surface area contributed by atoms with Gasteiger partial charge in [-0.15, -0.1) is 0 Å². The van der Waals surface area contributed by atoms with Crippen LogP contribution in [-0.2, 0) is 4.79 Å². The van der Waals surface area contributed by atoms with Gasteiger partial charge in [0.05, 0.1) is 5.54 Å². The van der Waals surface area contributed by atoms with Gasteiger partial charge < -0.3 is 10.6 Å². The number of amides is 1. The number of carbonyl (C=O) groups excluding carboxylic acids is 1. The second kappa shape index (κ2) is 3.90. The van der Waals surface area contributed by atoms with E-state index in [1.165, 1.54) is 0 Å². The molecule has 0 aromatic rings. The summed E-state index contributed by atoms with van der Waals surface area (Å²) in [5, 5.41) is 6.17. The van der Waals surface area contributed by atoms with Crippen molar-refractivity contribution >= 4 is 5.91 Å². The quantitative estimate of drug-likeness (QED) is 0.653. The molecule has 3 nitrogen and oxygen atoms in total. The summed E-state index contributed by atoms with van der Waals surface area (Å²) >= 11 is 0. The van der Waals surface area contributed by atoms with E-state index < -0.39 is 0 Å². The Bertz CT molecular complexity index is 162. The van der Waals surface area contributed by atoms with E-state index in [-0.39, 0.29) is 11.4 Å². The van der Waals surface area contributed by atoms with Crippen LogP contribution in [-0.4, -0.2) is 24.5 Å². The van der Waals surface area contributed by atoms with Gasteiger partial charge in [0.2, 0.25) is 5.91 Å². The van der Waals surface area contributed by atoms with Crippen LogP contribution >= 0.6 is 0 Å². The molecule has 1 aliphatic rings. The zero-order valence-corrected chi connectivity index (χ0v) is 7.94. The van der Waals surface area contributed by atoms with Gasteiger partial charge in [0.1, 0.15) is 0 Å². The minimum absolute atomic E-state index is 0.171. The Morgan fingerprint density at radius 2 is 2.33 bits per heavy atom. The summed E-state index contributed by atoms with van der Waals surface area (Å²) in [4.78, 5) is 11.6. The molecule has 0 spiro atoms. The van der Waals surface area contributed by atoms with E-state index in [1.54, 1.807) is 0 Å². The molecule has 1 fully saturated rings. The smallest absolute Gasteiger partial charge is 0.240 e. The van der Waals surface area contributed by atoms with E-state index in [0.717, 1.165) is 32.4 Å². The highest BCUT2D eigenvalue weighted by Crippen LogP contribution is 2.22. The predicted molar refractivity (Wildman–Crippen MR) is 48.9 cm³/mol. The molecule has 0 aromatic carbocycles. The second-order valence-corrected chi connectivity index (χ2v) is 3.33. The number of rotatable bonds is 3. The van der Waals surface area contributed by atoms with Gasteiger partial charge in [-0.3, -0.25) is 4.79 Å². The number of hydrogen-bond donors (Lipinski definition) is 2. The first kappa shape index (κ1) is 9.52. The van der Waals surface area contributed by atoms with Gasteiger partial charge in [0.15, 0.2) is 0 Å². The fourth-order valence-electron chi connectivity index (χ4n) is 1.79. The maximum Gasteiger partial charge on any atom is 0.240 e. The monoisotopic (exact) mass is 170 g/mol. The highest BCUT2D eigenvalue weighted by atomic mass is 16.2. The first-order valence-corrected chi connectivity index (χ1v) is 4.78. The molecule has 1 atom stereocenters. The van der Waals surface area contributed by atoms with Crippen molar-refractivity contribution in [3.8, 4) is 0 Å². The molecule has 0 saturated carbocycles. The maximum atomic E-state index is 11.6. The van der Waals surface area contributed by atoms with Crippen LogP contribution in [0.1, 0.15) is 33.1 Å². The summed E-state index contributed by atoms with van der Waals surface area (Å²) < 4.78 is 0. The van der Waals surface area contributed by atoms with Crippen LogP contribution in [0.2, 0.25) is 0 Å². The Kier molecular flexibility index (Phi) is 3.09. The molecule has 70 valence electrons. The van der Waals surface area contributed by atoms with E-state index in [1.807, 2.05) is 6.92 Å². The molecule has 1 saturated heterocycles. The van der Waals surface area contributed by atoms with Crippen LogP contribution in [0.5, 0.6) is 0 Å². The highest BCUT2D eigenvalue weighted by Gasteiger charge is 2.38. The Labute approximate surface area is 73.9 Å². The molecule has 1 amide bonds. The van der Waals surface area contributed by atoms with Crippen LogP contribution in [0.3, 0.4) is 0 Å². The fraction of sp³-hybridized carbons (Fsp3) is 0.889. The van der Waals surface area contributed by atoms with Crippen molar-refractivity contribution in [2.75, 3.05) is 13.1 Å². The molecule has 3 heteroatoms. The summed E-state index contributed by atoms with van der Waals surface area (Å²) in [5.41, 5.74) is -0.254. The van der Waals surface area contributed by atoms with Gasteiger partial charge in [-0.25, -0.2) is 0 Å². The average molecular weight is 170 g/mol. The Hall–Kier alpha value is -0.570. The molecule has 1 heterocycles. The van der Waals surface area contributed by atoms with Gasteiger partial charge in [-0.2, -0.15) is 0 Å². The van der Waals surface area contributed by atoms with E-state index >= 15 is 0 Å². The van der Waals surface area contributed by atoms with Crippen molar-refractivity contribution in [2.24, 2.45) is 0 Å². The zero-order chi connectivity index (χ0) is 9.03. The van der Waals surface area contributed by atoms with Gasteiger partial charge >= 0.3 is 0 Å². The third-order valence-electron chi connectivity index (χ3n) is 2.62. The number of carbonyl (C=O) groups is 1. The van der Waals surface area contributed by atoms with Crippen molar-refractivity contribution in [3.63, 3.8) is 0 Å². The van der Waals surface area contributed by atoms with Crippen molar-refractivity contribution in [1.82, 2.24) is 10.6 Å². The minimum Gasteiger partial charge on any atom is -0.355 e. The normalized spacial score (nSPS) is 28.8. The first-order valence-electron chi connectivity index (χ1n) is 4.78.